The molecule has 0 spiro atoms. The Morgan fingerprint density at radius 1 is 0.912 bits per heavy atom. The second-order valence-electron chi connectivity index (χ2n) is 6.88. The van der Waals surface area contributed by atoms with Crippen LogP contribution in [0.1, 0.15) is 10.4 Å². The molecule has 34 heavy (non-hydrogen) atoms. The van der Waals surface area contributed by atoms with Crippen LogP contribution in [0.3, 0.4) is 0 Å². The molecule has 12 heteroatoms. The Morgan fingerprint density at radius 2 is 1.50 bits per heavy atom. The van der Waals surface area contributed by atoms with E-state index in [-0.39, 0.29) is 27.1 Å². The van der Waals surface area contributed by atoms with Gasteiger partial charge >= 0.3 is 0 Å². The number of aromatic nitrogens is 1. The van der Waals surface area contributed by atoms with E-state index in [9.17, 15) is 29.4 Å². The topological polar surface area (TPSA) is 128 Å². The predicted molar refractivity (Wildman–Crippen MR) is 126 cm³/mol. The van der Waals surface area contributed by atoms with Crippen LogP contribution in [0.25, 0.3) is 21.7 Å². The number of thiazole rings is 1. The Labute approximate surface area is 199 Å². The van der Waals surface area contributed by atoms with Crippen LogP contribution in [0.4, 0.5) is 20.9 Å². The highest BCUT2D eigenvalue weighted by Gasteiger charge is 2.20. The van der Waals surface area contributed by atoms with E-state index in [2.05, 4.69) is 10.3 Å². The summed E-state index contributed by atoms with van der Waals surface area (Å²) in [6.07, 6.45) is 0. The standard InChI is InChI=1S/C22H12ClFN4O5S/c23-18-10-9-16(28(32)33)11-17(18)21(29)26-22-25-19(12-1-5-14(24)6-2-12)20(34-22)13-3-7-15(8-4-13)27(30)31/h1-11H,(H,25,26,29). The van der Waals surface area contributed by atoms with Crippen molar-refractivity contribution in [3.8, 4) is 21.7 Å². The number of halogens is 2. The number of amides is 1. The van der Waals surface area contributed by atoms with E-state index in [1.54, 1.807) is 12.1 Å². The molecule has 9 nitrogen and oxygen atoms in total. The van der Waals surface area contributed by atoms with E-state index in [1.165, 1.54) is 48.5 Å². The van der Waals surface area contributed by atoms with Crippen molar-refractivity contribution in [3.05, 3.63) is 103 Å². The van der Waals surface area contributed by atoms with Crippen LogP contribution in [0, 0.1) is 26.0 Å². The molecule has 170 valence electrons. The zero-order valence-corrected chi connectivity index (χ0v) is 18.5. The maximum atomic E-state index is 13.4. The van der Waals surface area contributed by atoms with E-state index in [0.717, 1.165) is 17.4 Å². The van der Waals surface area contributed by atoms with Gasteiger partial charge < -0.3 is 0 Å². The lowest BCUT2D eigenvalue weighted by Crippen LogP contribution is -2.12. The number of nitro groups is 2. The Hall–Kier alpha value is -4.22. The number of nitrogens with one attached hydrogen (secondary N) is 1. The number of non-ortho nitro benzene ring substituents is 2. The molecule has 0 radical (unpaired) electrons. The molecule has 4 rings (SSSR count). The molecule has 0 saturated heterocycles. The zero-order valence-electron chi connectivity index (χ0n) is 16.9. The first kappa shape index (κ1) is 23.0. The lowest BCUT2D eigenvalue weighted by atomic mass is 10.1. The van der Waals surface area contributed by atoms with Crippen molar-refractivity contribution in [2.24, 2.45) is 0 Å². The quantitative estimate of drug-likeness (QED) is 0.244. The Balaban J connectivity index is 1.74. The minimum atomic E-state index is -0.705. The molecule has 0 atom stereocenters. The highest BCUT2D eigenvalue weighted by atomic mass is 35.5. The lowest BCUT2D eigenvalue weighted by molar-refractivity contribution is -0.385. The van der Waals surface area contributed by atoms with E-state index in [1.807, 2.05) is 0 Å². The van der Waals surface area contributed by atoms with E-state index in [0.29, 0.717) is 21.7 Å². The van der Waals surface area contributed by atoms with E-state index >= 15 is 0 Å². The van der Waals surface area contributed by atoms with Crippen LogP contribution < -0.4 is 5.32 Å². The number of rotatable bonds is 6. The van der Waals surface area contributed by atoms with Crippen molar-refractivity contribution < 1.29 is 19.0 Å². The fraction of sp³-hybridized carbons (Fsp3) is 0. The molecule has 1 heterocycles. The summed E-state index contributed by atoms with van der Waals surface area (Å²) in [7, 11) is 0. The molecule has 1 amide bonds. The molecule has 0 saturated carbocycles. The molecule has 4 aromatic rings. The van der Waals surface area contributed by atoms with Crippen molar-refractivity contribution >= 4 is 45.4 Å². The molecular weight excluding hydrogens is 487 g/mol. The normalized spacial score (nSPS) is 10.6. The van der Waals surface area contributed by atoms with Gasteiger partial charge in [-0.1, -0.05) is 22.9 Å². The first-order valence-electron chi connectivity index (χ1n) is 9.50. The number of nitrogens with zero attached hydrogens (tertiary/aromatic N) is 3. The number of carbonyl (C=O) groups excluding carboxylic acids is 1. The summed E-state index contributed by atoms with van der Waals surface area (Å²) in [6.45, 7) is 0. The van der Waals surface area contributed by atoms with Crippen LogP contribution in [0.2, 0.25) is 5.02 Å². The van der Waals surface area contributed by atoms with Gasteiger partial charge in [0, 0.05) is 29.8 Å². The maximum Gasteiger partial charge on any atom is 0.270 e. The zero-order chi connectivity index (χ0) is 24.4. The molecular formula is C22H12ClFN4O5S. The number of anilines is 1. The average Bonchev–Trinajstić information content (AvgIpc) is 3.23. The molecule has 0 bridgehead atoms. The summed E-state index contributed by atoms with van der Waals surface area (Å²) in [6, 6.07) is 14.8. The Bertz CT molecular complexity index is 1420. The number of carbonyl (C=O) groups is 1. The largest absolute Gasteiger partial charge is 0.298 e. The third-order valence-electron chi connectivity index (χ3n) is 4.71. The van der Waals surface area contributed by atoms with Gasteiger partial charge in [0.25, 0.3) is 17.3 Å². The van der Waals surface area contributed by atoms with Gasteiger partial charge in [-0.15, -0.1) is 0 Å². The predicted octanol–water partition coefficient (Wildman–Crippen LogP) is 6.34. The van der Waals surface area contributed by atoms with Gasteiger partial charge in [0.15, 0.2) is 5.13 Å². The van der Waals surface area contributed by atoms with Crippen LogP contribution in [0.5, 0.6) is 0 Å². The van der Waals surface area contributed by atoms with Gasteiger partial charge in [0.2, 0.25) is 0 Å². The third kappa shape index (κ3) is 4.75. The minimum absolute atomic E-state index is 0.0222. The molecule has 0 unspecified atom stereocenters. The molecule has 0 fully saturated rings. The number of hydrogen-bond acceptors (Lipinski definition) is 7. The van der Waals surface area contributed by atoms with Crippen molar-refractivity contribution in [3.63, 3.8) is 0 Å². The molecule has 3 aromatic carbocycles. The van der Waals surface area contributed by atoms with Gasteiger partial charge in [-0.3, -0.25) is 30.3 Å². The highest BCUT2D eigenvalue weighted by Crippen LogP contribution is 2.40. The molecule has 0 aliphatic carbocycles. The van der Waals surface area contributed by atoms with Gasteiger partial charge in [0.05, 0.1) is 31.0 Å². The SMILES string of the molecule is O=C(Nc1nc(-c2ccc(F)cc2)c(-c2ccc([N+](=O)[O-])cc2)s1)c1cc([N+](=O)[O-])ccc1Cl. The minimum Gasteiger partial charge on any atom is -0.298 e. The van der Waals surface area contributed by atoms with Crippen molar-refractivity contribution in [1.29, 1.82) is 0 Å². The van der Waals surface area contributed by atoms with Gasteiger partial charge in [-0.05, 0) is 48.0 Å². The fourth-order valence-corrected chi connectivity index (χ4v) is 4.26. The number of hydrogen-bond donors (Lipinski definition) is 1. The summed E-state index contributed by atoms with van der Waals surface area (Å²) < 4.78 is 13.4. The van der Waals surface area contributed by atoms with Gasteiger partial charge in [-0.25, -0.2) is 9.37 Å². The lowest BCUT2D eigenvalue weighted by Gasteiger charge is -2.04. The van der Waals surface area contributed by atoms with Crippen molar-refractivity contribution in [2.75, 3.05) is 5.32 Å². The van der Waals surface area contributed by atoms with Crippen LogP contribution >= 0.6 is 22.9 Å². The Kier molecular flexibility index (Phi) is 6.30. The number of nitro benzene ring substituents is 2. The highest BCUT2D eigenvalue weighted by molar-refractivity contribution is 7.19. The summed E-state index contributed by atoms with van der Waals surface area (Å²) in [5, 5.41) is 24.8. The molecule has 1 aromatic heterocycles. The van der Waals surface area contributed by atoms with Gasteiger partial charge in [0.1, 0.15) is 5.82 Å². The molecule has 0 aliphatic heterocycles. The van der Waals surface area contributed by atoms with Crippen LogP contribution in [-0.2, 0) is 0 Å². The second-order valence-corrected chi connectivity index (χ2v) is 8.29. The first-order valence-corrected chi connectivity index (χ1v) is 10.7. The Morgan fingerprint density at radius 3 is 2.12 bits per heavy atom. The summed E-state index contributed by atoms with van der Waals surface area (Å²) in [5.74, 6) is -1.15. The third-order valence-corrected chi connectivity index (χ3v) is 6.06. The smallest absolute Gasteiger partial charge is 0.270 e. The fourth-order valence-electron chi connectivity index (χ4n) is 3.07. The van der Waals surface area contributed by atoms with E-state index < -0.39 is 21.6 Å². The van der Waals surface area contributed by atoms with Gasteiger partial charge in [-0.2, -0.15) is 0 Å². The van der Waals surface area contributed by atoms with Crippen molar-refractivity contribution in [2.45, 2.75) is 0 Å². The second kappa shape index (κ2) is 9.33. The van der Waals surface area contributed by atoms with Crippen LogP contribution in [0.15, 0.2) is 66.7 Å². The first-order chi connectivity index (χ1) is 16.2. The summed E-state index contributed by atoms with van der Waals surface area (Å²) >= 11 is 7.14. The maximum absolute atomic E-state index is 13.4. The molecule has 0 aliphatic rings. The summed E-state index contributed by atoms with van der Waals surface area (Å²) in [5.41, 5.74) is 1.07. The van der Waals surface area contributed by atoms with E-state index in [4.69, 9.17) is 11.6 Å². The van der Waals surface area contributed by atoms with Crippen molar-refractivity contribution in [1.82, 2.24) is 4.98 Å². The van der Waals surface area contributed by atoms with Crippen LogP contribution in [-0.4, -0.2) is 20.7 Å². The number of benzene rings is 3. The average molecular weight is 499 g/mol. The summed E-state index contributed by atoms with van der Waals surface area (Å²) in [4.78, 5) is 38.7. The molecule has 1 N–H and O–H groups in total. The monoisotopic (exact) mass is 498 g/mol.